The number of rotatable bonds is 7. The maximum Gasteiger partial charge on any atom is 0.411 e. The summed E-state index contributed by atoms with van der Waals surface area (Å²) in [5, 5.41) is 20.6. The molecular formula is C18H19ClN2O7. The second kappa shape index (κ2) is 8.77. The average molecular weight is 411 g/mol. The molecule has 0 aliphatic rings. The summed E-state index contributed by atoms with van der Waals surface area (Å²) in [6.07, 6.45) is -1.34. The van der Waals surface area contributed by atoms with Gasteiger partial charge in [-0.1, -0.05) is 11.6 Å². The van der Waals surface area contributed by atoms with E-state index in [9.17, 15) is 14.9 Å². The lowest BCUT2D eigenvalue weighted by Gasteiger charge is -2.17. The van der Waals surface area contributed by atoms with Crippen molar-refractivity contribution in [2.45, 2.75) is 13.8 Å². The lowest BCUT2D eigenvalue weighted by atomic mass is 10.1. The van der Waals surface area contributed by atoms with E-state index in [1.165, 1.54) is 32.4 Å². The number of aryl methyl sites for hydroxylation is 1. The molecule has 0 spiro atoms. The molecule has 10 heteroatoms. The summed E-state index contributed by atoms with van der Waals surface area (Å²) < 4.78 is 16.2. The molecule has 2 aromatic carbocycles. The quantitative estimate of drug-likeness (QED) is 0.398. The van der Waals surface area contributed by atoms with Gasteiger partial charge >= 0.3 is 6.09 Å². The van der Waals surface area contributed by atoms with E-state index >= 15 is 0 Å². The molecule has 0 bridgehead atoms. The van der Waals surface area contributed by atoms with Gasteiger partial charge in [-0.25, -0.2) is 4.79 Å². The number of carboxylic acid groups (broad SMARTS) is 1. The van der Waals surface area contributed by atoms with Crippen LogP contribution in [0.1, 0.15) is 11.1 Å². The molecule has 0 aliphatic heterocycles. The third-order valence-corrected chi connectivity index (χ3v) is 4.40. The van der Waals surface area contributed by atoms with Gasteiger partial charge in [0.15, 0.2) is 6.79 Å². The summed E-state index contributed by atoms with van der Waals surface area (Å²) in [7, 11) is 2.71. The van der Waals surface area contributed by atoms with Crippen LogP contribution in [0.5, 0.6) is 17.2 Å². The molecule has 2 rings (SSSR count). The van der Waals surface area contributed by atoms with Crippen LogP contribution < -0.4 is 14.4 Å². The first-order chi connectivity index (χ1) is 13.2. The number of nitrogens with zero attached hydrogens (tertiary/aromatic N) is 2. The Balaban J connectivity index is 2.44. The number of carbonyl (C=O) groups is 1. The van der Waals surface area contributed by atoms with Gasteiger partial charge in [0.05, 0.1) is 9.95 Å². The fourth-order valence-corrected chi connectivity index (χ4v) is 2.72. The predicted molar refractivity (Wildman–Crippen MR) is 103 cm³/mol. The van der Waals surface area contributed by atoms with Gasteiger partial charge in [-0.15, -0.1) is 0 Å². The average Bonchev–Trinajstić information content (AvgIpc) is 2.64. The summed E-state index contributed by atoms with van der Waals surface area (Å²) in [5.74, 6) is 1.06. The van der Waals surface area contributed by atoms with Crippen molar-refractivity contribution in [3.05, 3.63) is 50.5 Å². The monoisotopic (exact) mass is 410 g/mol. The van der Waals surface area contributed by atoms with E-state index in [1.54, 1.807) is 19.9 Å². The number of nitro benzene ring substituents is 1. The molecule has 0 aromatic heterocycles. The molecule has 0 saturated carbocycles. The zero-order valence-electron chi connectivity index (χ0n) is 15.7. The van der Waals surface area contributed by atoms with Crippen molar-refractivity contribution in [1.29, 1.82) is 0 Å². The first-order valence-corrected chi connectivity index (χ1v) is 8.39. The van der Waals surface area contributed by atoms with E-state index in [4.69, 9.17) is 30.9 Å². The minimum atomic E-state index is -1.34. The molecular weight excluding hydrogens is 392 g/mol. The van der Waals surface area contributed by atoms with E-state index in [-0.39, 0.29) is 23.9 Å². The number of halogens is 1. The third-order valence-electron chi connectivity index (χ3n) is 3.93. The number of benzene rings is 2. The largest absolute Gasteiger partial charge is 0.467 e. The fraction of sp³-hybridized carbons (Fsp3) is 0.278. The molecule has 0 radical (unpaired) electrons. The highest BCUT2D eigenvalue weighted by atomic mass is 35.5. The Bertz CT molecular complexity index is 917. The first kappa shape index (κ1) is 21.3. The number of nitro groups is 1. The van der Waals surface area contributed by atoms with Gasteiger partial charge in [0.25, 0.3) is 5.69 Å². The van der Waals surface area contributed by atoms with Crippen LogP contribution in [0.3, 0.4) is 0 Å². The molecule has 28 heavy (non-hydrogen) atoms. The van der Waals surface area contributed by atoms with Gasteiger partial charge in [-0.05, 0) is 31.5 Å². The molecule has 0 fully saturated rings. The number of hydrogen-bond acceptors (Lipinski definition) is 6. The number of amides is 1. The number of anilines is 1. The molecule has 0 heterocycles. The Kier molecular flexibility index (Phi) is 6.66. The minimum Gasteiger partial charge on any atom is -0.467 e. The first-order valence-electron chi connectivity index (χ1n) is 8.01. The van der Waals surface area contributed by atoms with Gasteiger partial charge in [-0.2, -0.15) is 0 Å². The summed E-state index contributed by atoms with van der Waals surface area (Å²) in [6, 6.07) is 5.46. The van der Waals surface area contributed by atoms with Crippen LogP contribution in [-0.2, 0) is 4.74 Å². The van der Waals surface area contributed by atoms with Crippen LogP contribution in [0, 0.1) is 24.0 Å². The summed E-state index contributed by atoms with van der Waals surface area (Å²) in [5.41, 5.74) is 0.899. The van der Waals surface area contributed by atoms with Crippen molar-refractivity contribution in [2.75, 3.05) is 25.9 Å². The van der Waals surface area contributed by atoms with E-state index in [0.29, 0.717) is 22.1 Å². The lowest BCUT2D eigenvalue weighted by Crippen LogP contribution is -2.24. The molecule has 150 valence electrons. The van der Waals surface area contributed by atoms with E-state index in [2.05, 4.69) is 0 Å². The van der Waals surface area contributed by atoms with Crippen molar-refractivity contribution < 1.29 is 29.0 Å². The summed E-state index contributed by atoms with van der Waals surface area (Å²) in [6.45, 7) is 3.62. The molecule has 9 nitrogen and oxygen atoms in total. The predicted octanol–water partition coefficient (Wildman–Crippen LogP) is 4.75. The second-order valence-corrected chi connectivity index (χ2v) is 6.24. The third kappa shape index (κ3) is 4.44. The molecule has 0 atom stereocenters. The van der Waals surface area contributed by atoms with Crippen molar-refractivity contribution in [3.63, 3.8) is 0 Å². The topological polar surface area (TPSA) is 111 Å². The van der Waals surface area contributed by atoms with Crippen LogP contribution in [0.15, 0.2) is 24.3 Å². The Morgan fingerprint density at radius 1 is 1.32 bits per heavy atom. The molecule has 0 saturated heterocycles. The highest BCUT2D eigenvalue weighted by molar-refractivity contribution is 6.33. The van der Waals surface area contributed by atoms with E-state index in [0.717, 1.165) is 10.5 Å². The second-order valence-electron chi connectivity index (χ2n) is 5.86. The number of ether oxygens (including phenoxy) is 3. The SMILES string of the molecule is COCOc1c(C)cc(Oc2ccc([N+](=O)[O-])c(N(C)C(=O)O)c2)c(Cl)c1C. The highest BCUT2D eigenvalue weighted by Gasteiger charge is 2.23. The lowest BCUT2D eigenvalue weighted by molar-refractivity contribution is -0.384. The van der Waals surface area contributed by atoms with Crippen LogP contribution in [0.4, 0.5) is 16.2 Å². The Hall–Kier alpha value is -3.04. The van der Waals surface area contributed by atoms with Crippen LogP contribution >= 0.6 is 11.6 Å². The van der Waals surface area contributed by atoms with Crippen LogP contribution in [0.2, 0.25) is 5.02 Å². The van der Waals surface area contributed by atoms with Gasteiger partial charge in [0.1, 0.15) is 22.9 Å². The van der Waals surface area contributed by atoms with E-state index in [1.807, 2.05) is 0 Å². The maximum absolute atomic E-state index is 11.2. The highest BCUT2D eigenvalue weighted by Crippen LogP contribution is 2.41. The van der Waals surface area contributed by atoms with E-state index < -0.39 is 11.0 Å². The summed E-state index contributed by atoms with van der Waals surface area (Å²) in [4.78, 5) is 22.5. The molecule has 0 aliphatic carbocycles. The van der Waals surface area contributed by atoms with Gasteiger partial charge in [-0.3, -0.25) is 15.0 Å². The minimum absolute atomic E-state index is 0.0610. The van der Waals surface area contributed by atoms with Crippen LogP contribution in [-0.4, -0.2) is 37.1 Å². The van der Waals surface area contributed by atoms with Crippen molar-refractivity contribution in [3.8, 4) is 17.2 Å². The standard InChI is InChI=1S/C18H19ClN2O7/c1-10-7-15(16(19)11(2)17(10)27-9-26-4)28-12-5-6-13(21(24)25)14(8-12)20(3)18(22)23/h5-8H,9H2,1-4H3,(H,22,23). The maximum atomic E-state index is 11.2. The number of methoxy groups -OCH3 is 1. The van der Waals surface area contributed by atoms with Crippen molar-refractivity contribution in [2.24, 2.45) is 0 Å². The molecule has 2 aromatic rings. The fourth-order valence-electron chi connectivity index (χ4n) is 2.54. The van der Waals surface area contributed by atoms with Crippen molar-refractivity contribution >= 4 is 29.1 Å². The van der Waals surface area contributed by atoms with Gasteiger partial charge in [0, 0.05) is 31.9 Å². The van der Waals surface area contributed by atoms with Gasteiger partial charge in [0.2, 0.25) is 0 Å². The van der Waals surface area contributed by atoms with Gasteiger partial charge < -0.3 is 19.3 Å². The Morgan fingerprint density at radius 2 is 2.00 bits per heavy atom. The van der Waals surface area contributed by atoms with Crippen LogP contribution in [0.25, 0.3) is 0 Å². The Labute approximate surface area is 166 Å². The molecule has 1 amide bonds. The molecule has 0 unspecified atom stereocenters. The zero-order chi connectivity index (χ0) is 21.0. The molecule has 1 N–H and O–H groups in total. The zero-order valence-corrected chi connectivity index (χ0v) is 16.4. The smallest absolute Gasteiger partial charge is 0.411 e. The number of hydrogen-bond donors (Lipinski definition) is 1. The normalized spacial score (nSPS) is 10.5. The summed E-state index contributed by atoms with van der Waals surface area (Å²) >= 11 is 6.38. The van der Waals surface area contributed by atoms with Crippen molar-refractivity contribution in [1.82, 2.24) is 0 Å². The Morgan fingerprint density at radius 3 is 2.57 bits per heavy atom.